The fourth-order valence-electron chi connectivity index (χ4n) is 4.28. The first-order valence-electron chi connectivity index (χ1n) is 14.1. The van der Waals surface area contributed by atoms with E-state index in [0.29, 0.717) is 33.6 Å². The fourth-order valence-corrected chi connectivity index (χ4v) is 5.77. The molecule has 0 fully saturated rings. The van der Waals surface area contributed by atoms with E-state index in [1.165, 1.54) is 23.1 Å². The van der Waals surface area contributed by atoms with Gasteiger partial charge in [-0.25, -0.2) is 4.98 Å². The van der Waals surface area contributed by atoms with Gasteiger partial charge in [0.05, 0.1) is 25.7 Å². The summed E-state index contributed by atoms with van der Waals surface area (Å²) in [5, 5.41) is 10.8. The van der Waals surface area contributed by atoms with E-state index < -0.39 is 11.8 Å². The van der Waals surface area contributed by atoms with Gasteiger partial charge in [0.2, 0.25) is 5.91 Å². The molecule has 4 aromatic carbocycles. The molecule has 232 valence electrons. The van der Waals surface area contributed by atoms with Crippen molar-refractivity contribution in [2.45, 2.75) is 4.90 Å². The van der Waals surface area contributed by atoms with Crippen molar-refractivity contribution in [2.75, 3.05) is 30.6 Å². The maximum atomic E-state index is 13.4. The summed E-state index contributed by atoms with van der Waals surface area (Å²) in [5.74, 6) is 0.244. The molecule has 5 aromatic rings. The monoisotopic (exact) mass is 650 g/mol. The highest BCUT2D eigenvalue weighted by atomic mass is 32.2. The molecule has 46 heavy (non-hydrogen) atoms. The molecule has 0 unspecified atom stereocenters. The number of thioether (sulfide) groups is 1. The van der Waals surface area contributed by atoms with Gasteiger partial charge < -0.3 is 25.4 Å². The maximum Gasteiger partial charge on any atom is 0.272 e. The van der Waals surface area contributed by atoms with Crippen molar-refractivity contribution in [3.8, 4) is 22.8 Å². The van der Waals surface area contributed by atoms with Gasteiger partial charge in [0, 0.05) is 27.1 Å². The molecule has 1 aromatic heterocycles. The number of anilines is 2. The van der Waals surface area contributed by atoms with Gasteiger partial charge in [-0.2, -0.15) is 0 Å². The minimum atomic E-state index is -0.484. The second kappa shape index (κ2) is 15.6. The number of carbonyl (C=O) groups excluding carboxylic acids is 3. The minimum Gasteiger partial charge on any atom is -0.493 e. The molecule has 0 aliphatic rings. The smallest absolute Gasteiger partial charge is 0.272 e. The normalized spacial score (nSPS) is 11.0. The number of nitrogens with one attached hydrogen (secondary N) is 3. The third-order valence-corrected chi connectivity index (χ3v) is 8.28. The number of amides is 3. The van der Waals surface area contributed by atoms with Crippen molar-refractivity contribution in [3.63, 3.8) is 0 Å². The number of hydrogen-bond acceptors (Lipinski definition) is 8. The zero-order valence-electron chi connectivity index (χ0n) is 25.0. The summed E-state index contributed by atoms with van der Waals surface area (Å²) < 4.78 is 10.7. The SMILES string of the molecule is COc1ccc(-c2csc(NC(=O)CSc3cccc(NC(=O)/C(=C/c4ccccc4)NC(=O)c4ccccc4)c3)n2)cc1OC. The molecule has 1 heterocycles. The molecule has 0 saturated carbocycles. The number of benzene rings is 4. The van der Waals surface area contributed by atoms with Crippen molar-refractivity contribution in [2.24, 2.45) is 0 Å². The molecular weight excluding hydrogens is 621 g/mol. The standard InChI is InChI=1S/C35H30N4O5S2/c1-43-30-17-16-25(19-31(30)44-2)29-21-46-35(38-29)39-32(40)22-45-27-15-9-14-26(20-27)36-34(42)28(18-23-10-5-3-6-11-23)37-33(41)24-12-7-4-8-13-24/h3-21H,22H2,1-2H3,(H,36,42)(H,37,41)(H,38,39,40)/b28-18-. The number of hydrogen-bond donors (Lipinski definition) is 3. The first-order chi connectivity index (χ1) is 22.4. The Bertz CT molecular complexity index is 1860. The maximum absolute atomic E-state index is 13.4. The van der Waals surface area contributed by atoms with Crippen molar-refractivity contribution in [1.82, 2.24) is 10.3 Å². The first-order valence-corrected chi connectivity index (χ1v) is 15.9. The van der Waals surface area contributed by atoms with Crippen molar-refractivity contribution < 1.29 is 23.9 Å². The van der Waals surface area contributed by atoms with E-state index >= 15 is 0 Å². The van der Waals surface area contributed by atoms with Gasteiger partial charge in [0.25, 0.3) is 11.8 Å². The van der Waals surface area contributed by atoms with E-state index in [1.54, 1.807) is 68.8 Å². The summed E-state index contributed by atoms with van der Waals surface area (Å²) in [4.78, 5) is 44.3. The van der Waals surface area contributed by atoms with Gasteiger partial charge >= 0.3 is 0 Å². The van der Waals surface area contributed by atoms with Crippen LogP contribution in [0, 0.1) is 0 Å². The molecule has 5 rings (SSSR count). The third-order valence-electron chi connectivity index (χ3n) is 6.53. The molecule has 0 atom stereocenters. The van der Waals surface area contributed by atoms with Gasteiger partial charge in [-0.3, -0.25) is 14.4 Å². The zero-order valence-corrected chi connectivity index (χ0v) is 26.6. The van der Waals surface area contributed by atoms with E-state index in [4.69, 9.17) is 9.47 Å². The number of carbonyl (C=O) groups is 3. The summed E-state index contributed by atoms with van der Waals surface area (Å²) in [6.07, 6.45) is 1.62. The Kier molecular flexibility index (Phi) is 10.8. The van der Waals surface area contributed by atoms with Crippen molar-refractivity contribution >= 4 is 57.7 Å². The Morgan fingerprint density at radius 1 is 0.826 bits per heavy atom. The summed E-state index contributed by atoms with van der Waals surface area (Å²) >= 11 is 2.64. The van der Waals surface area contributed by atoms with E-state index in [1.807, 2.05) is 60.0 Å². The number of ether oxygens (including phenoxy) is 2. The molecule has 3 amide bonds. The Labute approximate surface area is 274 Å². The molecule has 0 aliphatic heterocycles. The van der Waals surface area contributed by atoms with Crippen LogP contribution < -0.4 is 25.4 Å². The number of aromatic nitrogens is 1. The zero-order chi connectivity index (χ0) is 32.3. The molecule has 0 aliphatic carbocycles. The molecule has 9 nitrogen and oxygen atoms in total. The Morgan fingerprint density at radius 3 is 2.30 bits per heavy atom. The summed E-state index contributed by atoms with van der Waals surface area (Å²) in [5.41, 5.74) is 3.34. The first kappa shape index (κ1) is 32.0. The topological polar surface area (TPSA) is 119 Å². The van der Waals surface area contributed by atoms with Crippen LogP contribution in [0.3, 0.4) is 0 Å². The second-order valence-electron chi connectivity index (χ2n) is 9.72. The van der Waals surface area contributed by atoms with Gasteiger partial charge in [-0.1, -0.05) is 54.6 Å². The quantitative estimate of drug-likeness (QED) is 0.0986. The van der Waals surface area contributed by atoms with E-state index in [9.17, 15) is 14.4 Å². The van der Waals surface area contributed by atoms with Crippen LogP contribution in [0.1, 0.15) is 15.9 Å². The fraction of sp³-hybridized carbons (Fsp3) is 0.0857. The lowest BCUT2D eigenvalue weighted by atomic mass is 10.1. The van der Waals surface area contributed by atoms with Crippen molar-refractivity contribution in [3.05, 3.63) is 125 Å². The largest absolute Gasteiger partial charge is 0.493 e. The Morgan fingerprint density at radius 2 is 1.57 bits per heavy atom. The average molecular weight is 651 g/mol. The van der Waals surface area contributed by atoms with Crippen LogP contribution in [0.5, 0.6) is 11.5 Å². The highest BCUT2D eigenvalue weighted by Crippen LogP contribution is 2.33. The molecule has 0 bridgehead atoms. The van der Waals surface area contributed by atoms with Crippen LogP contribution in [-0.4, -0.2) is 42.7 Å². The summed E-state index contributed by atoms with van der Waals surface area (Å²) in [6.45, 7) is 0. The molecule has 3 N–H and O–H groups in total. The van der Waals surface area contributed by atoms with Gasteiger partial charge in [-0.05, 0) is 60.2 Å². The van der Waals surface area contributed by atoms with Crippen molar-refractivity contribution in [1.29, 1.82) is 0 Å². The van der Waals surface area contributed by atoms with Crippen LogP contribution in [0.25, 0.3) is 17.3 Å². The van der Waals surface area contributed by atoms with Crippen LogP contribution in [0.15, 0.2) is 119 Å². The number of thiazole rings is 1. The number of nitrogens with zero attached hydrogens (tertiary/aromatic N) is 1. The minimum absolute atomic E-state index is 0.0911. The number of rotatable bonds is 12. The predicted octanol–water partition coefficient (Wildman–Crippen LogP) is 6.97. The molecule has 11 heteroatoms. The van der Waals surface area contributed by atoms with Crippen LogP contribution in [0.2, 0.25) is 0 Å². The lowest BCUT2D eigenvalue weighted by molar-refractivity contribution is -0.114. The van der Waals surface area contributed by atoms with E-state index in [-0.39, 0.29) is 17.4 Å². The lowest BCUT2D eigenvalue weighted by Crippen LogP contribution is -2.30. The van der Waals surface area contributed by atoms with Gasteiger partial charge in [0.15, 0.2) is 16.6 Å². The van der Waals surface area contributed by atoms with E-state index in [0.717, 1.165) is 16.0 Å². The summed E-state index contributed by atoms with van der Waals surface area (Å²) in [7, 11) is 3.15. The lowest BCUT2D eigenvalue weighted by Gasteiger charge is -2.12. The molecular formula is C35H30N4O5S2. The second-order valence-corrected chi connectivity index (χ2v) is 11.6. The predicted molar refractivity (Wildman–Crippen MR) is 183 cm³/mol. The van der Waals surface area contributed by atoms with Crippen LogP contribution >= 0.6 is 23.1 Å². The number of methoxy groups -OCH3 is 2. The summed E-state index contributed by atoms with van der Waals surface area (Å²) in [6, 6.07) is 30.6. The van der Waals surface area contributed by atoms with Gasteiger partial charge in [-0.15, -0.1) is 23.1 Å². The third kappa shape index (κ3) is 8.62. The average Bonchev–Trinajstić information content (AvgIpc) is 3.56. The molecule has 0 spiro atoms. The van der Waals surface area contributed by atoms with Gasteiger partial charge in [0.1, 0.15) is 5.70 Å². The highest BCUT2D eigenvalue weighted by Gasteiger charge is 2.16. The Hall–Kier alpha value is -5.39. The highest BCUT2D eigenvalue weighted by molar-refractivity contribution is 8.00. The Balaban J connectivity index is 1.20. The van der Waals surface area contributed by atoms with Crippen LogP contribution in [-0.2, 0) is 9.59 Å². The molecule has 0 radical (unpaired) electrons. The van der Waals surface area contributed by atoms with Crippen LogP contribution in [0.4, 0.5) is 10.8 Å². The molecule has 0 saturated heterocycles. The van der Waals surface area contributed by atoms with E-state index in [2.05, 4.69) is 20.9 Å².